The van der Waals surface area contributed by atoms with Gasteiger partial charge in [0.1, 0.15) is 0 Å². The number of benzene rings is 2. The Bertz CT molecular complexity index is 1040. The van der Waals surface area contributed by atoms with Gasteiger partial charge in [-0.25, -0.2) is 0 Å². The van der Waals surface area contributed by atoms with Crippen molar-refractivity contribution in [1.29, 1.82) is 0 Å². The van der Waals surface area contributed by atoms with Crippen LogP contribution in [-0.4, -0.2) is 23.0 Å². The third-order valence-electron chi connectivity index (χ3n) is 5.87. The van der Waals surface area contributed by atoms with Crippen LogP contribution in [0.25, 0.3) is 10.9 Å². The van der Waals surface area contributed by atoms with Gasteiger partial charge in [-0.2, -0.15) is 0 Å². The Morgan fingerprint density at radius 3 is 2.87 bits per heavy atom. The predicted octanol–water partition coefficient (Wildman–Crippen LogP) is 4.62. The van der Waals surface area contributed by atoms with Crippen molar-refractivity contribution >= 4 is 22.8 Å². The van der Waals surface area contributed by atoms with E-state index in [2.05, 4.69) is 28.5 Å². The number of amides is 1. The van der Waals surface area contributed by atoms with Crippen molar-refractivity contribution in [3.63, 3.8) is 0 Å². The summed E-state index contributed by atoms with van der Waals surface area (Å²) in [6, 6.07) is 16.3. The minimum atomic E-state index is -0.792. The summed E-state index contributed by atoms with van der Waals surface area (Å²) in [6.45, 7) is 1.64. The van der Waals surface area contributed by atoms with Gasteiger partial charge < -0.3 is 15.0 Å². The van der Waals surface area contributed by atoms with Gasteiger partial charge in [0.2, 0.25) is 0 Å². The highest BCUT2D eigenvalue weighted by molar-refractivity contribution is 5.84. The highest BCUT2D eigenvalue weighted by atomic mass is 16.5. The van der Waals surface area contributed by atoms with Crippen molar-refractivity contribution < 1.29 is 14.3 Å². The zero-order valence-electron chi connectivity index (χ0n) is 17.3. The van der Waals surface area contributed by atoms with Crippen LogP contribution in [0.4, 0.5) is 0 Å². The van der Waals surface area contributed by atoms with E-state index in [-0.39, 0.29) is 17.9 Å². The number of para-hydroxylation sites is 1. The van der Waals surface area contributed by atoms with Crippen LogP contribution in [0, 0.1) is 0 Å². The van der Waals surface area contributed by atoms with Gasteiger partial charge in [-0.15, -0.1) is 0 Å². The summed E-state index contributed by atoms with van der Waals surface area (Å²) in [5.41, 5.74) is 4.76. The first-order valence-electron chi connectivity index (χ1n) is 10.7. The molecule has 0 aliphatic heterocycles. The number of H-pyrrole nitrogens is 1. The molecule has 0 bridgehead atoms. The van der Waals surface area contributed by atoms with Crippen molar-refractivity contribution in [3.8, 4) is 0 Å². The number of carbonyl (C=O) groups excluding carboxylic acids is 2. The summed E-state index contributed by atoms with van der Waals surface area (Å²) in [7, 11) is 0. The Hall–Kier alpha value is -3.08. The lowest BCUT2D eigenvalue weighted by molar-refractivity contribution is -0.155. The van der Waals surface area contributed by atoms with Crippen LogP contribution >= 0.6 is 0 Å². The summed E-state index contributed by atoms with van der Waals surface area (Å²) < 4.78 is 5.39. The maximum Gasteiger partial charge on any atom is 0.306 e. The molecule has 1 aliphatic carbocycles. The van der Waals surface area contributed by atoms with Crippen LogP contribution in [0.2, 0.25) is 0 Å². The smallest absolute Gasteiger partial charge is 0.306 e. The first-order valence-corrected chi connectivity index (χ1v) is 10.7. The molecule has 4 rings (SSSR count). The Morgan fingerprint density at radius 2 is 1.97 bits per heavy atom. The van der Waals surface area contributed by atoms with E-state index in [9.17, 15) is 9.59 Å². The van der Waals surface area contributed by atoms with Gasteiger partial charge >= 0.3 is 5.97 Å². The second-order valence-electron chi connectivity index (χ2n) is 8.00. The normalized spacial score (nSPS) is 16.6. The number of esters is 1. The predicted molar refractivity (Wildman–Crippen MR) is 117 cm³/mol. The summed E-state index contributed by atoms with van der Waals surface area (Å²) in [4.78, 5) is 28.1. The summed E-state index contributed by atoms with van der Waals surface area (Å²) in [6.07, 6.45) is 5.97. The second-order valence-corrected chi connectivity index (χ2v) is 8.00. The molecule has 0 unspecified atom stereocenters. The van der Waals surface area contributed by atoms with Crippen LogP contribution in [-0.2, 0) is 27.2 Å². The minimum Gasteiger partial charge on any atom is -0.453 e. The van der Waals surface area contributed by atoms with Gasteiger partial charge in [-0.1, -0.05) is 42.5 Å². The lowest BCUT2D eigenvalue weighted by atomic mass is 9.87. The molecule has 156 valence electrons. The Balaban J connectivity index is 1.25. The fourth-order valence-electron chi connectivity index (χ4n) is 4.26. The van der Waals surface area contributed by atoms with Gasteiger partial charge in [0.25, 0.3) is 5.91 Å². The molecule has 1 aromatic heterocycles. The molecule has 3 aromatic rings. The number of hydrogen-bond acceptors (Lipinski definition) is 3. The number of nitrogens with one attached hydrogen (secondary N) is 2. The second kappa shape index (κ2) is 9.16. The van der Waals surface area contributed by atoms with E-state index in [1.807, 2.05) is 36.5 Å². The average molecular weight is 405 g/mol. The summed E-state index contributed by atoms with van der Waals surface area (Å²) in [5.74, 6) is -0.566. The maximum atomic E-state index is 12.6. The van der Waals surface area contributed by atoms with Gasteiger partial charge in [0, 0.05) is 23.5 Å². The van der Waals surface area contributed by atoms with E-state index in [1.54, 1.807) is 6.92 Å². The van der Waals surface area contributed by atoms with Crippen molar-refractivity contribution in [1.82, 2.24) is 10.3 Å². The molecule has 1 amide bonds. The molecule has 0 fully saturated rings. The number of hydrogen-bond donors (Lipinski definition) is 2. The van der Waals surface area contributed by atoms with Crippen LogP contribution in [0.5, 0.6) is 0 Å². The number of aromatic nitrogens is 1. The highest BCUT2D eigenvalue weighted by Crippen LogP contribution is 2.29. The van der Waals surface area contributed by atoms with E-state index in [4.69, 9.17) is 4.74 Å². The van der Waals surface area contributed by atoms with Crippen LogP contribution < -0.4 is 5.32 Å². The van der Waals surface area contributed by atoms with Gasteiger partial charge in [-0.3, -0.25) is 9.59 Å². The van der Waals surface area contributed by atoms with E-state index in [0.717, 1.165) is 31.2 Å². The quantitative estimate of drug-likeness (QED) is 0.565. The lowest BCUT2D eigenvalue weighted by Crippen LogP contribution is -2.39. The molecule has 5 heteroatoms. The number of aryl methyl sites for hydroxylation is 2. The van der Waals surface area contributed by atoms with E-state index >= 15 is 0 Å². The molecular weight excluding hydrogens is 376 g/mol. The van der Waals surface area contributed by atoms with Gasteiger partial charge in [-0.05, 0) is 61.8 Å². The average Bonchev–Trinajstić information content (AvgIpc) is 3.17. The number of rotatable bonds is 7. The lowest BCUT2D eigenvalue weighted by Gasteiger charge is -2.27. The molecule has 0 saturated carbocycles. The molecule has 2 atom stereocenters. The first kappa shape index (κ1) is 20.2. The van der Waals surface area contributed by atoms with E-state index in [1.165, 1.54) is 22.1 Å². The third-order valence-corrected chi connectivity index (χ3v) is 5.87. The van der Waals surface area contributed by atoms with Gasteiger partial charge in [0.05, 0.1) is 6.04 Å². The molecule has 0 saturated heterocycles. The van der Waals surface area contributed by atoms with Crippen LogP contribution in [0.15, 0.2) is 54.7 Å². The summed E-state index contributed by atoms with van der Waals surface area (Å²) >= 11 is 0. The first-order chi connectivity index (χ1) is 14.6. The molecule has 1 aliphatic rings. The number of fused-ring (bicyclic) bond motifs is 2. The Kier molecular flexibility index (Phi) is 6.17. The highest BCUT2D eigenvalue weighted by Gasteiger charge is 2.25. The molecule has 30 heavy (non-hydrogen) atoms. The number of carbonyl (C=O) groups is 2. The molecule has 1 heterocycles. The van der Waals surface area contributed by atoms with Crippen molar-refractivity contribution in [2.75, 3.05) is 0 Å². The van der Waals surface area contributed by atoms with Crippen molar-refractivity contribution in [2.45, 2.75) is 57.6 Å². The largest absolute Gasteiger partial charge is 0.453 e. The standard InChI is InChI=1S/C25H28N2O3/c1-17(25(29)27-23-14-6-9-18-8-2-3-11-20(18)23)30-24(28)15-7-10-19-16-26-22-13-5-4-12-21(19)22/h2-5,8,11-13,16-17,23,26H,6-7,9-10,14-15H2,1H3,(H,27,29)/t17-,23+/m0/s1. The molecular formula is C25H28N2O3. The molecule has 5 nitrogen and oxygen atoms in total. The van der Waals surface area contributed by atoms with Crippen LogP contribution in [0.3, 0.4) is 0 Å². The zero-order valence-corrected chi connectivity index (χ0v) is 17.3. The topological polar surface area (TPSA) is 71.2 Å². The third kappa shape index (κ3) is 4.56. The van der Waals surface area contributed by atoms with Crippen LogP contribution in [0.1, 0.15) is 55.3 Å². The van der Waals surface area contributed by atoms with E-state index < -0.39 is 6.10 Å². The van der Waals surface area contributed by atoms with Crippen molar-refractivity contribution in [2.24, 2.45) is 0 Å². The number of aromatic amines is 1. The molecule has 2 N–H and O–H groups in total. The summed E-state index contributed by atoms with van der Waals surface area (Å²) in [5, 5.41) is 4.24. The number of ether oxygens (including phenoxy) is 1. The molecule has 0 radical (unpaired) electrons. The van der Waals surface area contributed by atoms with Gasteiger partial charge in [0.15, 0.2) is 6.10 Å². The SMILES string of the molecule is C[C@H](OC(=O)CCCc1c[nH]c2ccccc12)C(=O)N[C@@H]1CCCc2ccccc21. The fourth-order valence-corrected chi connectivity index (χ4v) is 4.26. The Labute approximate surface area is 176 Å². The van der Waals surface area contributed by atoms with E-state index in [0.29, 0.717) is 12.8 Å². The molecule has 0 spiro atoms. The monoisotopic (exact) mass is 404 g/mol. The minimum absolute atomic E-state index is 0.00882. The fraction of sp³-hybridized carbons (Fsp3) is 0.360. The zero-order chi connectivity index (χ0) is 20.9. The van der Waals surface area contributed by atoms with Crippen molar-refractivity contribution in [3.05, 3.63) is 71.4 Å². The Morgan fingerprint density at radius 1 is 1.17 bits per heavy atom. The molecule has 2 aromatic carbocycles. The maximum absolute atomic E-state index is 12.6.